The highest BCUT2D eigenvalue weighted by Crippen LogP contribution is 2.26. The summed E-state index contributed by atoms with van der Waals surface area (Å²) in [6.45, 7) is 2.16. The number of carbonyl (C=O) groups excluding carboxylic acids is 1. The van der Waals surface area contributed by atoms with Gasteiger partial charge in [-0.1, -0.05) is 53.0 Å². The molecule has 0 aliphatic carbocycles. The molecule has 1 aliphatic heterocycles. The molecular formula is C23H23Cl3N4OS. The molecule has 168 valence electrons. The minimum absolute atomic E-state index is 0.0217. The first-order valence-corrected chi connectivity index (χ1v) is 12.4. The minimum atomic E-state index is 0.0217. The average molecular weight is 510 g/mol. The van der Waals surface area contributed by atoms with E-state index in [2.05, 4.69) is 14.6 Å². The van der Waals surface area contributed by atoms with Crippen LogP contribution in [0.2, 0.25) is 15.1 Å². The van der Waals surface area contributed by atoms with E-state index in [0.717, 1.165) is 53.0 Å². The van der Waals surface area contributed by atoms with Gasteiger partial charge in [-0.2, -0.15) is 4.37 Å². The second-order valence-electron chi connectivity index (χ2n) is 7.83. The maximum absolute atomic E-state index is 12.6. The summed E-state index contributed by atoms with van der Waals surface area (Å²) in [4.78, 5) is 19.5. The van der Waals surface area contributed by atoms with E-state index in [9.17, 15) is 4.79 Å². The van der Waals surface area contributed by atoms with Gasteiger partial charge in [0.2, 0.25) is 11.0 Å². The van der Waals surface area contributed by atoms with Crippen LogP contribution in [0.4, 0.5) is 5.13 Å². The molecule has 0 spiro atoms. The topological polar surface area (TPSA) is 58.1 Å². The molecule has 0 saturated carbocycles. The molecule has 1 saturated heterocycles. The average Bonchev–Trinajstić information content (AvgIpc) is 3.25. The summed E-state index contributed by atoms with van der Waals surface area (Å²) in [6.07, 6.45) is 2.98. The number of anilines is 1. The molecule has 3 aromatic rings. The third-order valence-electron chi connectivity index (χ3n) is 5.58. The van der Waals surface area contributed by atoms with Gasteiger partial charge < -0.3 is 10.2 Å². The largest absolute Gasteiger partial charge is 0.356 e. The van der Waals surface area contributed by atoms with Crippen LogP contribution in [0.5, 0.6) is 0 Å². The first kappa shape index (κ1) is 23.3. The first-order chi connectivity index (χ1) is 15.5. The van der Waals surface area contributed by atoms with Crippen LogP contribution in [-0.4, -0.2) is 34.9 Å². The Bertz CT molecular complexity index is 1070. The van der Waals surface area contributed by atoms with Crippen molar-refractivity contribution >= 4 is 57.4 Å². The molecule has 32 heavy (non-hydrogen) atoms. The molecule has 0 unspecified atom stereocenters. The Kier molecular flexibility index (Phi) is 7.89. The third kappa shape index (κ3) is 6.13. The number of halogens is 3. The Morgan fingerprint density at radius 3 is 2.50 bits per heavy atom. The summed E-state index contributed by atoms with van der Waals surface area (Å²) in [5.41, 5.74) is 2.12. The van der Waals surface area contributed by atoms with Crippen molar-refractivity contribution in [2.24, 2.45) is 5.92 Å². The number of hydrogen-bond acceptors (Lipinski definition) is 5. The van der Waals surface area contributed by atoms with Gasteiger partial charge in [0.05, 0.1) is 0 Å². The molecule has 1 N–H and O–H groups in total. The fourth-order valence-electron chi connectivity index (χ4n) is 3.75. The number of nitrogens with zero attached hydrogens (tertiary/aromatic N) is 3. The normalized spacial score (nSPS) is 14.5. The molecule has 0 bridgehead atoms. The van der Waals surface area contributed by atoms with E-state index < -0.39 is 0 Å². The zero-order chi connectivity index (χ0) is 22.5. The van der Waals surface area contributed by atoms with Crippen molar-refractivity contribution < 1.29 is 4.79 Å². The van der Waals surface area contributed by atoms with Crippen molar-refractivity contribution in [2.45, 2.75) is 25.7 Å². The third-order valence-corrected chi connectivity index (χ3v) is 7.23. The van der Waals surface area contributed by atoms with E-state index >= 15 is 0 Å². The molecule has 1 aliphatic rings. The lowest BCUT2D eigenvalue weighted by Crippen LogP contribution is -2.41. The highest BCUT2D eigenvalue weighted by Gasteiger charge is 2.26. The second kappa shape index (κ2) is 10.8. The van der Waals surface area contributed by atoms with Crippen LogP contribution >= 0.6 is 46.3 Å². The number of piperidine rings is 1. The summed E-state index contributed by atoms with van der Waals surface area (Å²) in [5.74, 6) is 0.942. The zero-order valence-electron chi connectivity index (χ0n) is 17.4. The highest BCUT2D eigenvalue weighted by atomic mass is 35.5. The van der Waals surface area contributed by atoms with E-state index in [1.807, 2.05) is 36.4 Å². The standard InChI is InChI=1S/C23H23Cl3N4OS/c24-18-4-1-15(2-5-18)13-21-28-23(32-29-21)30-11-8-17(9-12-30)22(31)27-10-7-16-3-6-19(25)14-20(16)26/h1-6,14,17H,7-13H2,(H,27,31). The Morgan fingerprint density at radius 2 is 1.78 bits per heavy atom. The molecule has 5 nitrogen and oxygen atoms in total. The maximum atomic E-state index is 12.6. The van der Waals surface area contributed by atoms with Gasteiger partial charge in [0.15, 0.2) is 0 Å². The lowest BCUT2D eigenvalue weighted by Gasteiger charge is -2.30. The van der Waals surface area contributed by atoms with Gasteiger partial charge in [-0.15, -0.1) is 0 Å². The summed E-state index contributed by atoms with van der Waals surface area (Å²) in [7, 11) is 0. The van der Waals surface area contributed by atoms with Crippen LogP contribution in [0.25, 0.3) is 0 Å². The van der Waals surface area contributed by atoms with Gasteiger partial charge in [-0.05, 0) is 54.7 Å². The van der Waals surface area contributed by atoms with Crippen molar-refractivity contribution in [3.05, 3.63) is 74.5 Å². The molecule has 2 heterocycles. The summed E-state index contributed by atoms with van der Waals surface area (Å²) >= 11 is 19.5. The van der Waals surface area contributed by atoms with Crippen LogP contribution in [0.15, 0.2) is 42.5 Å². The van der Waals surface area contributed by atoms with Crippen molar-refractivity contribution in [1.29, 1.82) is 0 Å². The fourth-order valence-corrected chi connectivity index (χ4v) is 5.12. The van der Waals surface area contributed by atoms with Crippen LogP contribution in [0, 0.1) is 5.92 Å². The molecular weight excluding hydrogens is 487 g/mol. The van der Waals surface area contributed by atoms with Crippen molar-refractivity contribution in [1.82, 2.24) is 14.7 Å². The van der Waals surface area contributed by atoms with E-state index in [1.165, 1.54) is 11.5 Å². The zero-order valence-corrected chi connectivity index (χ0v) is 20.4. The van der Waals surface area contributed by atoms with Crippen LogP contribution in [0.1, 0.15) is 29.8 Å². The van der Waals surface area contributed by atoms with E-state index in [4.69, 9.17) is 39.8 Å². The minimum Gasteiger partial charge on any atom is -0.356 e. The molecule has 4 rings (SSSR count). The summed E-state index contributed by atoms with van der Waals surface area (Å²) in [6, 6.07) is 13.2. The Hall–Kier alpha value is -1.86. The number of hydrogen-bond donors (Lipinski definition) is 1. The van der Waals surface area contributed by atoms with Gasteiger partial charge in [-0.3, -0.25) is 4.79 Å². The summed E-state index contributed by atoms with van der Waals surface area (Å²) in [5, 5.41) is 5.94. The number of amides is 1. The predicted octanol–water partition coefficient (Wildman–Crippen LogP) is 5.66. The van der Waals surface area contributed by atoms with Gasteiger partial charge in [0.25, 0.3) is 0 Å². The Labute approximate surface area is 206 Å². The van der Waals surface area contributed by atoms with E-state index in [0.29, 0.717) is 29.4 Å². The molecule has 1 amide bonds. The number of rotatable bonds is 7. The molecule has 9 heteroatoms. The molecule has 0 radical (unpaired) electrons. The highest BCUT2D eigenvalue weighted by molar-refractivity contribution is 7.09. The van der Waals surface area contributed by atoms with E-state index in [1.54, 1.807) is 6.07 Å². The Balaban J connectivity index is 1.22. The van der Waals surface area contributed by atoms with Crippen LogP contribution < -0.4 is 10.2 Å². The quantitative estimate of drug-likeness (QED) is 0.446. The molecule has 2 aromatic carbocycles. The van der Waals surface area contributed by atoms with Gasteiger partial charge in [0, 0.05) is 58.6 Å². The predicted molar refractivity (Wildman–Crippen MR) is 132 cm³/mol. The number of benzene rings is 2. The lowest BCUT2D eigenvalue weighted by molar-refractivity contribution is -0.125. The lowest BCUT2D eigenvalue weighted by atomic mass is 9.96. The number of nitrogens with one attached hydrogen (secondary N) is 1. The second-order valence-corrected chi connectivity index (χ2v) is 9.84. The van der Waals surface area contributed by atoms with E-state index in [-0.39, 0.29) is 11.8 Å². The van der Waals surface area contributed by atoms with Crippen molar-refractivity contribution in [3.63, 3.8) is 0 Å². The van der Waals surface area contributed by atoms with Crippen molar-refractivity contribution in [3.8, 4) is 0 Å². The fraction of sp³-hybridized carbons (Fsp3) is 0.348. The van der Waals surface area contributed by atoms with Gasteiger partial charge >= 0.3 is 0 Å². The van der Waals surface area contributed by atoms with Gasteiger partial charge in [0.1, 0.15) is 5.82 Å². The Morgan fingerprint density at radius 1 is 1.06 bits per heavy atom. The van der Waals surface area contributed by atoms with Crippen molar-refractivity contribution in [2.75, 3.05) is 24.5 Å². The molecule has 1 fully saturated rings. The summed E-state index contributed by atoms with van der Waals surface area (Å²) < 4.78 is 4.50. The SMILES string of the molecule is O=C(NCCc1ccc(Cl)cc1Cl)C1CCN(c2nc(Cc3ccc(Cl)cc3)ns2)CC1. The monoisotopic (exact) mass is 508 g/mol. The maximum Gasteiger partial charge on any atom is 0.223 e. The number of carbonyl (C=O) groups is 1. The molecule has 1 aromatic heterocycles. The van der Waals surface area contributed by atoms with Gasteiger partial charge in [-0.25, -0.2) is 4.98 Å². The molecule has 0 atom stereocenters. The smallest absolute Gasteiger partial charge is 0.223 e. The number of aromatic nitrogens is 2. The first-order valence-electron chi connectivity index (χ1n) is 10.5. The van der Waals surface area contributed by atoms with Crippen LogP contribution in [0.3, 0.4) is 0 Å². The van der Waals surface area contributed by atoms with Crippen LogP contribution in [-0.2, 0) is 17.6 Å².